The normalized spacial score (nSPS) is 11.1. The lowest BCUT2D eigenvalue weighted by Gasteiger charge is -2.13. The fourth-order valence-electron chi connectivity index (χ4n) is 2.75. The van der Waals surface area contributed by atoms with Crippen molar-refractivity contribution >= 4 is 33.6 Å². The third-order valence-electron chi connectivity index (χ3n) is 4.44. The van der Waals surface area contributed by atoms with Gasteiger partial charge < -0.3 is 15.4 Å². The molecule has 11 heteroatoms. The number of carbonyl (C=O) groups excluding carboxylic acids is 1. The molecule has 0 fully saturated rings. The first-order valence-electron chi connectivity index (χ1n) is 9.60. The lowest BCUT2D eigenvalue weighted by atomic mass is 10.1. The molecule has 0 aliphatic rings. The molecule has 32 heavy (non-hydrogen) atoms. The highest BCUT2D eigenvalue weighted by molar-refractivity contribution is 7.92. The van der Waals surface area contributed by atoms with E-state index in [1.54, 1.807) is 56.3 Å². The number of hydrogen-bond acceptors (Lipinski definition) is 9. The van der Waals surface area contributed by atoms with Gasteiger partial charge in [0.25, 0.3) is 10.0 Å². The summed E-state index contributed by atoms with van der Waals surface area (Å²) < 4.78 is 33.6. The van der Waals surface area contributed by atoms with Crippen molar-refractivity contribution in [3.8, 4) is 0 Å². The van der Waals surface area contributed by atoms with E-state index in [2.05, 4.69) is 19.7 Å². The van der Waals surface area contributed by atoms with Crippen molar-refractivity contribution in [3.63, 3.8) is 0 Å². The van der Waals surface area contributed by atoms with Gasteiger partial charge in [-0.1, -0.05) is 23.8 Å². The number of ether oxygens (including phenoxy) is 1. The third kappa shape index (κ3) is 5.49. The number of esters is 1. The number of carbonyl (C=O) groups is 1. The third-order valence-corrected chi connectivity index (χ3v) is 5.96. The maximum atomic E-state index is 12.9. The van der Waals surface area contributed by atoms with Gasteiger partial charge in [-0.15, -0.1) is 0 Å². The Morgan fingerprint density at radius 2 is 1.75 bits per heavy atom. The number of nitrogens with one attached hydrogen (secondary N) is 1. The molecule has 168 valence electrons. The van der Waals surface area contributed by atoms with E-state index in [0.29, 0.717) is 17.2 Å². The van der Waals surface area contributed by atoms with Crippen molar-refractivity contribution < 1.29 is 17.9 Å². The fourth-order valence-corrected chi connectivity index (χ4v) is 4.08. The second-order valence-electron chi connectivity index (χ2n) is 7.33. The number of rotatable bonds is 7. The number of nitrogens with two attached hydrogens (primary N) is 1. The molecule has 3 aromatic rings. The smallest absolute Gasteiger partial charge is 0.338 e. The van der Waals surface area contributed by atoms with E-state index in [1.807, 2.05) is 6.92 Å². The van der Waals surface area contributed by atoms with Crippen LogP contribution >= 0.6 is 0 Å². The zero-order chi connectivity index (χ0) is 23.5. The van der Waals surface area contributed by atoms with Crippen LogP contribution in [0.4, 0.5) is 17.6 Å². The highest BCUT2D eigenvalue weighted by Crippen LogP contribution is 2.22. The number of benzene rings is 2. The van der Waals surface area contributed by atoms with Crippen molar-refractivity contribution in [3.05, 3.63) is 65.0 Å². The average Bonchev–Trinajstić information content (AvgIpc) is 2.73. The van der Waals surface area contributed by atoms with Crippen LogP contribution in [0, 0.1) is 13.8 Å². The molecule has 1 heterocycles. The standard InChI is InChI=1S/C21H24N6O4S/c1-13-5-9-16(10-6-13)26-32(29,30)17-11-15(8-7-14(17)2)19(28)31-12-18-23-20(22)25-21(24-18)27(3)4/h5-11,26H,12H2,1-4H3,(H2,22,23,24,25). The van der Waals surface area contributed by atoms with E-state index in [-0.39, 0.29) is 28.8 Å². The highest BCUT2D eigenvalue weighted by Gasteiger charge is 2.20. The summed E-state index contributed by atoms with van der Waals surface area (Å²) in [6.45, 7) is 3.31. The Morgan fingerprint density at radius 1 is 1.06 bits per heavy atom. The number of nitrogen functional groups attached to an aromatic ring is 1. The van der Waals surface area contributed by atoms with Crippen molar-refractivity contribution in [1.82, 2.24) is 15.0 Å². The van der Waals surface area contributed by atoms with E-state index < -0.39 is 16.0 Å². The Balaban J connectivity index is 1.79. The van der Waals surface area contributed by atoms with Crippen molar-refractivity contribution in [2.24, 2.45) is 0 Å². The molecule has 0 amide bonds. The number of hydrogen-bond donors (Lipinski definition) is 2. The Labute approximate surface area is 186 Å². The molecule has 0 spiro atoms. The first kappa shape index (κ1) is 22.9. The van der Waals surface area contributed by atoms with Crippen molar-refractivity contribution in [2.45, 2.75) is 25.3 Å². The molecule has 0 saturated carbocycles. The van der Waals surface area contributed by atoms with Gasteiger partial charge in [0, 0.05) is 19.8 Å². The summed E-state index contributed by atoms with van der Waals surface area (Å²) >= 11 is 0. The maximum Gasteiger partial charge on any atom is 0.338 e. The van der Waals surface area contributed by atoms with Crippen LogP contribution in [0.2, 0.25) is 0 Å². The lowest BCUT2D eigenvalue weighted by molar-refractivity contribution is 0.0462. The molecule has 2 aromatic carbocycles. The summed E-state index contributed by atoms with van der Waals surface area (Å²) in [7, 11) is -0.434. The minimum atomic E-state index is -3.91. The van der Waals surface area contributed by atoms with Crippen molar-refractivity contribution in [2.75, 3.05) is 29.5 Å². The van der Waals surface area contributed by atoms with E-state index >= 15 is 0 Å². The van der Waals surface area contributed by atoms with E-state index in [0.717, 1.165) is 5.56 Å². The van der Waals surface area contributed by atoms with Crippen LogP contribution in [-0.4, -0.2) is 43.4 Å². The molecule has 10 nitrogen and oxygen atoms in total. The number of aryl methyl sites for hydroxylation is 2. The van der Waals surface area contributed by atoms with Crippen LogP contribution < -0.4 is 15.4 Å². The van der Waals surface area contributed by atoms with Gasteiger partial charge in [-0.25, -0.2) is 13.2 Å². The minimum Gasteiger partial charge on any atom is -0.454 e. The van der Waals surface area contributed by atoms with Crippen molar-refractivity contribution in [1.29, 1.82) is 0 Å². The number of sulfonamides is 1. The molecule has 0 radical (unpaired) electrons. The Morgan fingerprint density at radius 3 is 2.41 bits per heavy atom. The Kier molecular flexibility index (Phi) is 6.58. The van der Waals surface area contributed by atoms with Crippen LogP contribution in [0.1, 0.15) is 27.3 Å². The molecule has 3 rings (SSSR count). The zero-order valence-electron chi connectivity index (χ0n) is 18.2. The van der Waals surface area contributed by atoms with Crippen LogP contribution in [0.15, 0.2) is 47.4 Å². The summed E-state index contributed by atoms with van der Waals surface area (Å²) in [6.07, 6.45) is 0. The second-order valence-corrected chi connectivity index (χ2v) is 8.98. The van der Waals surface area contributed by atoms with E-state index in [9.17, 15) is 13.2 Å². The number of nitrogens with zero attached hydrogens (tertiary/aromatic N) is 4. The van der Waals surface area contributed by atoms with Crippen LogP contribution in [-0.2, 0) is 21.4 Å². The average molecular weight is 457 g/mol. The molecule has 3 N–H and O–H groups in total. The molecule has 1 aromatic heterocycles. The van der Waals surface area contributed by atoms with Crippen LogP contribution in [0.5, 0.6) is 0 Å². The molecular weight excluding hydrogens is 432 g/mol. The van der Waals surface area contributed by atoms with E-state index in [1.165, 1.54) is 12.1 Å². The molecule has 0 unspecified atom stereocenters. The molecule has 0 saturated heterocycles. The largest absolute Gasteiger partial charge is 0.454 e. The van der Waals surface area contributed by atoms with Gasteiger partial charge in [-0.3, -0.25) is 4.72 Å². The molecule has 0 atom stereocenters. The minimum absolute atomic E-state index is 0.000597. The first-order chi connectivity index (χ1) is 15.0. The Bertz CT molecular complexity index is 1240. The summed E-state index contributed by atoms with van der Waals surface area (Å²) in [6, 6.07) is 11.3. The molecule has 0 aliphatic carbocycles. The second kappa shape index (κ2) is 9.18. The maximum absolute atomic E-state index is 12.9. The summed E-state index contributed by atoms with van der Waals surface area (Å²) in [4.78, 5) is 26.3. The zero-order valence-corrected chi connectivity index (χ0v) is 19.0. The first-order valence-corrected chi connectivity index (χ1v) is 11.1. The van der Waals surface area contributed by atoms with Gasteiger partial charge in [-0.05, 0) is 43.7 Å². The molecule has 0 aliphatic heterocycles. The highest BCUT2D eigenvalue weighted by atomic mass is 32.2. The van der Waals surface area contributed by atoms with Gasteiger partial charge in [0.05, 0.1) is 10.5 Å². The van der Waals surface area contributed by atoms with E-state index in [4.69, 9.17) is 10.5 Å². The Hall–Kier alpha value is -3.73. The SMILES string of the molecule is Cc1ccc(NS(=O)(=O)c2cc(C(=O)OCc3nc(N)nc(N(C)C)n3)ccc2C)cc1. The summed E-state index contributed by atoms with van der Waals surface area (Å²) in [5.41, 5.74) is 7.66. The quantitative estimate of drug-likeness (QED) is 0.512. The predicted molar refractivity (Wildman–Crippen MR) is 121 cm³/mol. The van der Waals surface area contributed by atoms with Crippen LogP contribution in [0.3, 0.4) is 0 Å². The molecule has 0 bridgehead atoms. The number of anilines is 3. The topological polar surface area (TPSA) is 140 Å². The monoisotopic (exact) mass is 456 g/mol. The van der Waals surface area contributed by atoms with Gasteiger partial charge in [-0.2, -0.15) is 15.0 Å². The predicted octanol–water partition coefficient (Wildman–Crippen LogP) is 2.29. The van der Waals surface area contributed by atoms with Gasteiger partial charge >= 0.3 is 5.97 Å². The lowest BCUT2D eigenvalue weighted by Crippen LogP contribution is -2.17. The van der Waals surface area contributed by atoms with Gasteiger partial charge in [0.2, 0.25) is 11.9 Å². The van der Waals surface area contributed by atoms with Crippen LogP contribution in [0.25, 0.3) is 0 Å². The molecular formula is C21H24N6O4S. The van der Waals surface area contributed by atoms with Gasteiger partial charge in [0.15, 0.2) is 12.4 Å². The summed E-state index contributed by atoms with van der Waals surface area (Å²) in [5, 5.41) is 0. The summed E-state index contributed by atoms with van der Waals surface area (Å²) in [5.74, 6) is -0.215. The fraction of sp³-hybridized carbons (Fsp3) is 0.238. The number of aromatic nitrogens is 3. The van der Waals surface area contributed by atoms with Gasteiger partial charge in [0.1, 0.15) is 0 Å².